The van der Waals surface area contributed by atoms with Crippen LogP contribution in [0.4, 0.5) is 0 Å². The summed E-state index contributed by atoms with van der Waals surface area (Å²) in [5, 5.41) is 9.62. The van der Waals surface area contributed by atoms with Gasteiger partial charge in [0.05, 0.1) is 6.10 Å². The number of benzene rings is 1. The van der Waals surface area contributed by atoms with Gasteiger partial charge in [0, 0.05) is 5.92 Å². The molecule has 0 aliphatic rings. The van der Waals surface area contributed by atoms with Gasteiger partial charge in [0.25, 0.3) is 0 Å². The molecule has 0 aliphatic carbocycles. The second kappa shape index (κ2) is 5.40. The van der Waals surface area contributed by atoms with Gasteiger partial charge in [0.1, 0.15) is 0 Å². The van der Waals surface area contributed by atoms with Crippen LogP contribution in [0, 0.1) is 5.92 Å². The lowest BCUT2D eigenvalue weighted by molar-refractivity contribution is 0.186. The van der Waals surface area contributed by atoms with Crippen LogP contribution in [-0.4, -0.2) is 11.2 Å². The molecule has 0 aliphatic heterocycles. The van der Waals surface area contributed by atoms with Gasteiger partial charge < -0.3 is 5.11 Å². The Hall–Kier alpha value is -1.34. The first kappa shape index (κ1) is 10.7. The first-order valence-electron chi connectivity index (χ1n) is 4.78. The van der Waals surface area contributed by atoms with Crippen molar-refractivity contribution in [3.63, 3.8) is 0 Å². The van der Waals surface area contributed by atoms with Crippen molar-refractivity contribution >= 4 is 6.08 Å². The molecule has 0 amide bonds. The smallest absolute Gasteiger partial charge is 0.0783 e. The monoisotopic (exact) mass is 188 g/mol. The Morgan fingerprint density at radius 1 is 1.29 bits per heavy atom. The van der Waals surface area contributed by atoms with E-state index in [4.69, 9.17) is 0 Å². The third-order valence-corrected chi connectivity index (χ3v) is 2.20. The summed E-state index contributed by atoms with van der Waals surface area (Å²) in [5.41, 5.74) is 1.10. The van der Waals surface area contributed by atoms with Crippen molar-refractivity contribution in [3.05, 3.63) is 54.6 Å². The Bertz CT molecular complexity index is 300. The van der Waals surface area contributed by atoms with Crippen molar-refractivity contribution in [3.8, 4) is 0 Å². The third-order valence-electron chi connectivity index (χ3n) is 2.20. The van der Waals surface area contributed by atoms with Gasteiger partial charge in [-0.1, -0.05) is 55.5 Å². The molecule has 2 unspecified atom stereocenters. The number of hydrogen-bond acceptors (Lipinski definition) is 1. The molecule has 1 N–H and O–H groups in total. The summed E-state index contributed by atoms with van der Waals surface area (Å²) in [6.45, 7) is 5.58. The molecule has 0 saturated carbocycles. The first-order valence-corrected chi connectivity index (χ1v) is 4.78. The van der Waals surface area contributed by atoms with Gasteiger partial charge in [-0.15, -0.1) is 6.58 Å². The molecule has 1 aromatic rings. The van der Waals surface area contributed by atoms with Gasteiger partial charge in [0.2, 0.25) is 0 Å². The maximum atomic E-state index is 9.62. The molecule has 1 rings (SSSR count). The van der Waals surface area contributed by atoms with Gasteiger partial charge in [-0.05, 0) is 5.56 Å². The van der Waals surface area contributed by atoms with Crippen molar-refractivity contribution in [1.29, 1.82) is 0 Å². The predicted octanol–water partition coefficient (Wildman–Crippen LogP) is 2.88. The van der Waals surface area contributed by atoms with Crippen LogP contribution in [0.1, 0.15) is 12.5 Å². The molecule has 14 heavy (non-hydrogen) atoms. The zero-order chi connectivity index (χ0) is 10.4. The van der Waals surface area contributed by atoms with Crippen molar-refractivity contribution in [2.45, 2.75) is 13.0 Å². The molecule has 1 heteroatoms. The summed E-state index contributed by atoms with van der Waals surface area (Å²) in [6, 6.07) is 9.93. The van der Waals surface area contributed by atoms with E-state index in [0.29, 0.717) is 0 Å². The second-order valence-electron chi connectivity index (χ2n) is 3.36. The zero-order valence-corrected chi connectivity index (χ0v) is 8.43. The van der Waals surface area contributed by atoms with Crippen LogP contribution in [0.5, 0.6) is 0 Å². The van der Waals surface area contributed by atoms with E-state index < -0.39 is 6.10 Å². The van der Waals surface area contributed by atoms with E-state index in [1.54, 1.807) is 12.2 Å². The van der Waals surface area contributed by atoms with E-state index in [9.17, 15) is 5.11 Å². The Labute approximate surface area is 85.4 Å². The molecule has 0 fully saturated rings. The summed E-state index contributed by atoms with van der Waals surface area (Å²) in [5.74, 6) is 0.0926. The predicted molar refractivity (Wildman–Crippen MR) is 60.8 cm³/mol. The van der Waals surface area contributed by atoms with Crippen LogP contribution in [0.25, 0.3) is 6.08 Å². The molecule has 2 atom stereocenters. The van der Waals surface area contributed by atoms with Crippen LogP contribution in [0.3, 0.4) is 0 Å². The van der Waals surface area contributed by atoms with Gasteiger partial charge in [-0.25, -0.2) is 0 Å². The minimum Gasteiger partial charge on any atom is -0.388 e. The molecule has 74 valence electrons. The largest absolute Gasteiger partial charge is 0.388 e. The van der Waals surface area contributed by atoms with Crippen molar-refractivity contribution in [2.24, 2.45) is 5.92 Å². The van der Waals surface area contributed by atoms with E-state index >= 15 is 0 Å². The van der Waals surface area contributed by atoms with Crippen LogP contribution >= 0.6 is 0 Å². The Balaban J connectivity index is 2.60. The fraction of sp³-hybridized carbons (Fsp3) is 0.231. The van der Waals surface area contributed by atoms with Gasteiger partial charge in [-0.2, -0.15) is 0 Å². The fourth-order valence-electron chi connectivity index (χ4n) is 1.09. The summed E-state index contributed by atoms with van der Waals surface area (Å²) in [4.78, 5) is 0. The average molecular weight is 188 g/mol. The topological polar surface area (TPSA) is 20.2 Å². The lowest BCUT2D eigenvalue weighted by Gasteiger charge is -2.09. The van der Waals surface area contributed by atoms with Crippen molar-refractivity contribution in [1.82, 2.24) is 0 Å². The molecular weight excluding hydrogens is 172 g/mol. The van der Waals surface area contributed by atoms with Crippen molar-refractivity contribution < 1.29 is 5.11 Å². The molecule has 1 nitrogen and oxygen atoms in total. The minimum atomic E-state index is -0.451. The second-order valence-corrected chi connectivity index (χ2v) is 3.36. The van der Waals surface area contributed by atoms with Gasteiger partial charge in [-0.3, -0.25) is 0 Å². The maximum Gasteiger partial charge on any atom is 0.0783 e. The van der Waals surface area contributed by atoms with E-state index in [0.717, 1.165) is 5.56 Å². The quantitative estimate of drug-likeness (QED) is 0.720. The highest BCUT2D eigenvalue weighted by Gasteiger charge is 2.05. The van der Waals surface area contributed by atoms with E-state index in [-0.39, 0.29) is 5.92 Å². The normalized spacial score (nSPS) is 15.3. The Morgan fingerprint density at radius 2 is 1.93 bits per heavy atom. The Kier molecular flexibility index (Phi) is 4.14. The summed E-state index contributed by atoms with van der Waals surface area (Å²) < 4.78 is 0. The lowest BCUT2D eigenvalue weighted by atomic mass is 10.0. The van der Waals surface area contributed by atoms with E-state index in [2.05, 4.69) is 6.58 Å². The number of rotatable bonds is 4. The molecule has 0 radical (unpaired) electrons. The molecule has 0 saturated heterocycles. The van der Waals surface area contributed by atoms with E-state index in [1.807, 2.05) is 43.3 Å². The average Bonchev–Trinajstić information content (AvgIpc) is 2.26. The van der Waals surface area contributed by atoms with Crippen molar-refractivity contribution in [2.75, 3.05) is 0 Å². The highest BCUT2D eigenvalue weighted by atomic mass is 16.3. The molecule has 0 heterocycles. The fourth-order valence-corrected chi connectivity index (χ4v) is 1.09. The van der Waals surface area contributed by atoms with Crippen LogP contribution < -0.4 is 0 Å². The summed E-state index contributed by atoms with van der Waals surface area (Å²) in [7, 11) is 0. The summed E-state index contributed by atoms with van der Waals surface area (Å²) >= 11 is 0. The maximum absolute atomic E-state index is 9.62. The molecule has 1 aromatic carbocycles. The lowest BCUT2D eigenvalue weighted by Crippen LogP contribution is -2.11. The van der Waals surface area contributed by atoms with E-state index in [1.165, 1.54) is 0 Å². The van der Waals surface area contributed by atoms with Gasteiger partial charge in [0.15, 0.2) is 0 Å². The van der Waals surface area contributed by atoms with Crippen LogP contribution in [0.2, 0.25) is 0 Å². The SMILES string of the molecule is C=CC(C)C(O)C=Cc1ccccc1. The standard InChI is InChI=1S/C13H16O/c1-3-11(2)13(14)10-9-12-7-5-4-6-8-12/h3-11,13-14H,1H2,2H3. The van der Waals surface area contributed by atoms with Gasteiger partial charge >= 0.3 is 0 Å². The molecule has 0 spiro atoms. The molecule has 0 bridgehead atoms. The first-order chi connectivity index (χ1) is 6.74. The third kappa shape index (κ3) is 3.19. The number of aliphatic hydroxyl groups excluding tert-OH is 1. The Morgan fingerprint density at radius 3 is 2.50 bits per heavy atom. The molecular formula is C13H16O. The van der Waals surface area contributed by atoms with Crippen LogP contribution in [0.15, 0.2) is 49.1 Å². The summed E-state index contributed by atoms with van der Waals surface area (Å²) in [6.07, 6.45) is 5.01. The zero-order valence-electron chi connectivity index (χ0n) is 8.43. The highest BCUT2D eigenvalue weighted by molar-refractivity contribution is 5.49. The molecule has 0 aromatic heterocycles. The highest BCUT2D eigenvalue weighted by Crippen LogP contribution is 2.08. The number of aliphatic hydroxyl groups is 1. The van der Waals surface area contributed by atoms with Crippen LogP contribution in [-0.2, 0) is 0 Å². The number of hydrogen-bond donors (Lipinski definition) is 1. The minimum absolute atomic E-state index is 0.0926.